The van der Waals surface area contributed by atoms with E-state index in [0.717, 1.165) is 17.7 Å². The van der Waals surface area contributed by atoms with E-state index in [1.807, 2.05) is 19.1 Å². The maximum absolute atomic E-state index is 12.4. The molecule has 4 nitrogen and oxygen atoms in total. The molecule has 138 valence electrons. The molecule has 0 heterocycles. The van der Waals surface area contributed by atoms with E-state index in [2.05, 4.69) is 14.8 Å². The molecular formula is C18H15F4NO3. The van der Waals surface area contributed by atoms with Crippen LogP contribution in [0.4, 0.5) is 23.2 Å². The topological polar surface area (TPSA) is 47.6 Å². The molecule has 0 aliphatic carbocycles. The van der Waals surface area contributed by atoms with Crippen LogP contribution in [-0.2, 0) is 4.79 Å². The molecular weight excluding hydrogens is 354 g/mol. The summed E-state index contributed by atoms with van der Waals surface area (Å²) in [7, 11) is 0. The Morgan fingerprint density at radius 2 is 1.65 bits per heavy atom. The smallest absolute Gasteiger partial charge is 0.387 e. The number of ether oxygens (including phenoxy) is 2. The van der Waals surface area contributed by atoms with Crippen LogP contribution in [0.2, 0.25) is 0 Å². The first-order valence-corrected chi connectivity index (χ1v) is 7.43. The van der Waals surface area contributed by atoms with Crippen molar-refractivity contribution in [3.63, 3.8) is 0 Å². The van der Waals surface area contributed by atoms with Crippen LogP contribution in [0.5, 0.6) is 11.5 Å². The fourth-order valence-electron chi connectivity index (χ4n) is 2.07. The molecule has 2 rings (SSSR count). The second-order valence-electron chi connectivity index (χ2n) is 5.10. The van der Waals surface area contributed by atoms with Gasteiger partial charge in [-0.15, -0.1) is 0 Å². The molecule has 2 aromatic carbocycles. The molecule has 0 fully saturated rings. The first-order chi connectivity index (χ1) is 12.3. The molecule has 8 heteroatoms. The third-order valence-corrected chi connectivity index (χ3v) is 3.23. The van der Waals surface area contributed by atoms with Crippen LogP contribution in [-0.4, -0.2) is 19.1 Å². The van der Waals surface area contributed by atoms with Crippen molar-refractivity contribution in [2.75, 3.05) is 5.32 Å². The number of hydrogen-bond donors (Lipinski definition) is 1. The number of alkyl halides is 4. The van der Waals surface area contributed by atoms with Gasteiger partial charge in [-0.2, -0.15) is 17.6 Å². The number of carbonyl (C=O) groups excluding carboxylic acids is 1. The quantitative estimate of drug-likeness (QED) is 0.561. The van der Waals surface area contributed by atoms with Gasteiger partial charge in [-0.25, -0.2) is 0 Å². The molecule has 0 spiro atoms. The van der Waals surface area contributed by atoms with Crippen molar-refractivity contribution >= 4 is 17.7 Å². The molecule has 0 atom stereocenters. The predicted molar refractivity (Wildman–Crippen MR) is 88.5 cm³/mol. The van der Waals surface area contributed by atoms with Crippen LogP contribution in [0.1, 0.15) is 11.1 Å². The van der Waals surface area contributed by atoms with Gasteiger partial charge in [-0.1, -0.05) is 24.3 Å². The summed E-state index contributed by atoms with van der Waals surface area (Å²) < 4.78 is 57.7. The lowest BCUT2D eigenvalue weighted by molar-refractivity contribution is -0.111. The number of amides is 1. The molecule has 0 bridgehead atoms. The lowest BCUT2D eigenvalue weighted by atomic mass is 10.1. The van der Waals surface area contributed by atoms with E-state index in [0.29, 0.717) is 11.3 Å². The zero-order valence-electron chi connectivity index (χ0n) is 13.6. The van der Waals surface area contributed by atoms with Crippen molar-refractivity contribution in [1.29, 1.82) is 0 Å². The Balaban J connectivity index is 2.13. The monoisotopic (exact) mass is 369 g/mol. The van der Waals surface area contributed by atoms with E-state index in [1.165, 1.54) is 18.2 Å². The molecule has 2 aromatic rings. The highest BCUT2D eigenvalue weighted by molar-refractivity contribution is 6.02. The predicted octanol–water partition coefficient (Wildman–Crippen LogP) is 4.85. The summed E-state index contributed by atoms with van der Waals surface area (Å²) >= 11 is 0. The summed E-state index contributed by atoms with van der Waals surface area (Å²) in [5.74, 6) is -1.52. The Kier molecular flexibility index (Phi) is 6.60. The minimum atomic E-state index is -3.21. The number of rotatable bonds is 7. The molecule has 26 heavy (non-hydrogen) atoms. The van der Waals surface area contributed by atoms with E-state index in [-0.39, 0.29) is 0 Å². The fourth-order valence-corrected chi connectivity index (χ4v) is 2.07. The minimum Gasteiger partial charge on any atom is -0.431 e. The molecule has 0 saturated carbocycles. The second-order valence-corrected chi connectivity index (χ2v) is 5.10. The molecule has 1 amide bonds. The molecule has 0 radical (unpaired) electrons. The maximum atomic E-state index is 12.4. The van der Waals surface area contributed by atoms with E-state index in [9.17, 15) is 22.4 Å². The maximum Gasteiger partial charge on any atom is 0.387 e. The highest BCUT2D eigenvalue weighted by Crippen LogP contribution is 2.31. The van der Waals surface area contributed by atoms with Gasteiger partial charge in [0.05, 0.1) is 0 Å². The van der Waals surface area contributed by atoms with E-state index >= 15 is 0 Å². The zero-order chi connectivity index (χ0) is 19.1. The first kappa shape index (κ1) is 19.3. The SMILES string of the molecule is Cc1ccccc1NC(=O)/C=C/c1ccc(OC(F)F)c(OC(F)F)c1. The Bertz CT molecular complexity index is 794. The Labute approximate surface area is 147 Å². The summed E-state index contributed by atoms with van der Waals surface area (Å²) in [6.45, 7) is -4.57. The molecule has 0 unspecified atom stereocenters. The zero-order valence-corrected chi connectivity index (χ0v) is 13.6. The number of hydrogen-bond acceptors (Lipinski definition) is 3. The average Bonchev–Trinajstić information content (AvgIpc) is 2.56. The minimum absolute atomic E-state index is 0.294. The molecule has 0 aliphatic rings. The summed E-state index contributed by atoms with van der Waals surface area (Å²) in [6, 6.07) is 10.6. The van der Waals surface area contributed by atoms with Crippen LogP contribution in [0, 0.1) is 6.92 Å². The van der Waals surface area contributed by atoms with Crippen molar-refractivity contribution in [3.05, 3.63) is 59.7 Å². The van der Waals surface area contributed by atoms with Gasteiger partial charge in [0.15, 0.2) is 11.5 Å². The van der Waals surface area contributed by atoms with Gasteiger partial charge in [0.2, 0.25) is 5.91 Å². The van der Waals surface area contributed by atoms with Gasteiger partial charge >= 0.3 is 13.2 Å². The third kappa shape index (κ3) is 5.80. The number of para-hydroxylation sites is 1. The van der Waals surface area contributed by atoms with Gasteiger partial charge in [0, 0.05) is 11.8 Å². The Morgan fingerprint density at radius 3 is 2.31 bits per heavy atom. The van der Waals surface area contributed by atoms with Crippen LogP contribution in [0.15, 0.2) is 48.5 Å². The van der Waals surface area contributed by atoms with Crippen molar-refractivity contribution in [1.82, 2.24) is 0 Å². The summed E-state index contributed by atoms with van der Waals surface area (Å²) in [5, 5.41) is 2.66. The summed E-state index contributed by atoms with van der Waals surface area (Å²) in [6.07, 6.45) is 2.51. The highest BCUT2D eigenvalue weighted by Gasteiger charge is 2.15. The van der Waals surface area contributed by atoms with Gasteiger partial charge in [-0.3, -0.25) is 4.79 Å². The van der Waals surface area contributed by atoms with Crippen molar-refractivity contribution in [2.45, 2.75) is 20.1 Å². The fraction of sp³-hybridized carbons (Fsp3) is 0.167. The number of nitrogens with one attached hydrogen (secondary N) is 1. The molecule has 0 aromatic heterocycles. The van der Waals surface area contributed by atoms with Gasteiger partial charge < -0.3 is 14.8 Å². The van der Waals surface area contributed by atoms with Crippen molar-refractivity contribution < 1.29 is 31.8 Å². The largest absolute Gasteiger partial charge is 0.431 e. The standard InChI is InChI=1S/C18H15F4NO3/c1-11-4-2-3-5-13(11)23-16(24)9-7-12-6-8-14(25-17(19)20)15(10-12)26-18(21)22/h2-10,17-18H,1H3,(H,23,24)/b9-7+. The van der Waals surface area contributed by atoms with E-state index < -0.39 is 30.6 Å². The first-order valence-electron chi connectivity index (χ1n) is 7.43. The normalized spacial score (nSPS) is 11.2. The summed E-state index contributed by atoms with van der Waals surface area (Å²) in [4.78, 5) is 11.9. The van der Waals surface area contributed by atoms with Crippen LogP contribution in [0.3, 0.4) is 0 Å². The number of aryl methyl sites for hydroxylation is 1. The van der Waals surface area contributed by atoms with Crippen molar-refractivity contribution in [2.24, 2.45) is 0 Å². The molecule has 1 N–H and O–H groups in total. The van der Waals surface area contributed by atoms with Gasteiger partial charge in [0.25, 0.3) is 0 Å². The molecule has 0 aliphatic heterocycles. The number of anilines is 1. The lowest BCUT2D eigenvalue weighted by Crippen LogP contribution is -2.09. The van der Waals surface area contributed by atoms with Gasteiger partial charge in [0.1, 0.15) is 0 Å². The van der Waals surface area contributed by atoms with Crippen molar-refractivity contribution in [3.8, 4) is 11.5 Å². The number of halogens is 4. The Hall–Kier alpha value is -3.03. The Morgan fingerprint density at radius 1 is 1.00 bits per heavy atom. The van der Waals surface area contributed by atoms with E-state index in [1.54, 1.807) is 12.1 Å². The van der Waals surface area contributed by atoms with E-state index in [4.69, 9.17) is 0 Å². The average molecular weight is 369 g/mol. The summed E-state index contributed by atoms with van der Waals surface area (Å²) in [5.41, 5.74) is 1.79. The van der Waals surface area contributed by atoms with Crippen LogP contribution in [0.25, 0.3) is 6.08 Å². The third-order valence-electron chi connectivity index (χ3n) is 3.23. The number of carbonyl (C=O) groups is 1. The van der Waals surface area contributed by atoms with Gasteiger partial charge in [-0.05, 0) is 42.3 Å². The second kappa shape index (κ2) is 8.89. The lowest BCUT2D eigenvalue weighted by Gasteiger charge is -2.12. The number of benzene rings is 2. The molecule has 0 saturated heterocycles. The van der Waals surface area contributed by atoms with Crippen LogP contribution >= 0.6 is 0 Å². The van der Waals surface area contributed by atoms with Crippen LogP contribution < -0.4 is 14.8 Å². The highest BCUT2D eigenvalue weighted by atomic mass is 19.3.